The van der Waals surface area contributed by atoms with E-state index in [1.165, 1.54) is 12.5 Å². The van der Waals surface area contributed by atoms with Crippen molar-refractivity contribution < 1.29 is 22.4 Å². The van der Waals surface area contributed by atoms with Crippen LogP contribution in [0.25, 0.3) is 0 Å². The van der Waals surface area contributed by atoms with Gasteiger partial charge in [0, 0.05) is 32.8 Å². The minimum absolute atomic E-state index is 0.0633. The number of nitrogens with zero attached hydrogens (tertiary/aromatic N) is 2. The second kappa shape index (κ2) is 6.50. The summed E-state index contributed by atoms with van der Waals surface area (Å²) in [7, 11) is -1.66. The third-order valence-electron chi connectivity index (χ3n) is 5.20. The second-order valence-electron chi connectivity index (χ2n) is 6.89. The number of carbonyl (C=O) groups excluding carboxylic acids is 1. The van der Waals surface area contributed by atoms with Crippen molar-refractivity contribution in [1.29, 1.82) is 0 Å². The van der Waals surface area contributed by atoms with Crippen molar-refractivity contribution in [3.05, 3.63) is 24.2 Å². The number of hydrogen-bond acceptors (Lipinski definition) is 5. The molecule has 0 radical (unpaired) electrons. The van der Waals surface area contributed by atoms with Crippen LogP contribution in [0.15, 0.2) is 22.8 Å². The van der Waals surface area contributed by atoms with E-state index in [0.717, 1.165) is 19.3 Å². The molecule has 1 amide bonds. The lowest BCUT2D eigenvalue weighted by molar-refractivity contribution is 0.0565. The van der Waals surface area contributed by atoms with Gasteiger partial charge < -0.3 is 14.1 Å². The Morgan fingerprint density at radius 1 is 1.42 bits per heavy atom. The fourth-order valence-corrected chi connectivity index (χ4v) is 5.14. The number of likely N-dealkylation sites (tertiary alicyclic amines) is 1. The molecule has 0 aliphatic carbocycles. The largest absolute Gasteiger partial charge is 0.459 e. The zero-order valence-corrected chi connectivity index (χ0v) is 14.9. The Labute approximate surface area is 142 Å². The molecule has 0 bridgehead atoms. The van der Waals surface area contributed by atoms with E-state index < -0.39 is 10.0 Å². The number of sulfonamides is 1. The number of carbonyl (C=O) groups is 1. The smallest absolute Gasteiger partial charge is 0.289 e. The Morgan fingerprint density at radius 3 is 2.67 bits per heavy atom. The topological polar surface area (TPSA) is 80.1 Å². The number of methoxy groups -OCH3 is 1. The van der Waals surface area contributed by atoms with E-state index in [1.54, 1.807) is 28.4 Å². The fraction of sp³-hybridized carbons (Fsp3) is 0.688. The van der Waals surface area contributed by atoms with Gasteiger partial charge in [0.15, 0.2) is 5.76 Å². The summed E-state index contributed by atoms with van der Waals surface area (Å²) in [5.74, 6) is 0.258. The molecule has 1 spiro atoms. The van der Waals surface area contributed by atoms with Crippen LogP contribution < -0.4 is 0 Å². The van der Waals surface area contributed by atoms with E-state index in [9.17, 15) is 13.2 Å². The first-order valence-corrected chi connectivity index (χ1v) is 9.98. The Kier molecular flexibility index (Phi) is 4.72. The first-order chi connectivity index (χ1) is 11.3. The van der Waals surface area contributed by atoms with Gasteiger partial charge in [0.05, 0.1) is 19.1 Å². The van der Waals surface area contributed by atoms with Crippen LogP contribution in [0.2, 0.25) is 0 Å². The SMILES string of the molecule is COCC1CC2(CCN(C(=O)c3ccco3)CC2)CN1S(C)(=O)=O. The van der Waals surface area contributed by atoms with E-state index in [4.69, 9.17) is 9.15 Å². The zero-order valence-electron chi connectivity index (χ0n) is 14.1. The molecular weight excluding hydrogens is 332 g/mol. The highest BCUT2D eigenvalue weighted by Gasteiger charge is 2.48. The van der Waals surface area contributed by atoms with Crippen molar-refractivity contribution in [3.63, 3.8) is 0 Å². The molecule has 1 atom stereocenters. The molecule has 2 aliphatic rings. The van der Waals surface area contributed by atoms with Crippen LogP contribution in [0.1, 0.15) is 29.8 Å². The molecule has 134 valence electrons. The Hall–Kier alpha value is -1.38. The maximum atomic E-state index is 12.4. The second-order valence-corrected chi connectivity index (χ2v) is 8.83. The summed E-state index contributed by atoms with van der Waals surface area (Å²) in [5.41, 5.74) is -0.0633. The van der Waals surface area contributed by atoms with E-state index in [-0.39, 0.29) is 17.4 Å². The average Bonchev–Trinajstić information content (AvgIpc) is 3.16. The first-order valence-electron chi connectivity index (χ1n) is 8.13. The standard InChI is InChI=1S/C16H24N2O5S/c1-22-11-13-10-16(12-18(13)24(2,20)21)5-7-17(8-6-16)15(19)14-4-3-9-23-14/h3-4,9,13H,5-8,10-12H2,1-2H3. The van der Waals surface area contributed by atoms with Crippen LogP contribution in [0.3, 0.4) is 0 Å². The summed E-state index contributed by atoms with van der Waals surface area (Å²) in [4.78, 5) is 14.2. The average molecular weight is 356 g/mol. The van der Waals surface area contributed by atoms with Crippen LogP contribution in [0.4, 0.5) is 0 Å². The maximum absolute atomic E-state index is 12.4. The van der Waals surface area contributed by atoms with Gasteiger partial charge >= 0.3 is 0 Å². The molecule has 2 aliphatic heterocycles. The minimum atomic E-state index is -3.26. The van der Waals surface area contributed by atoms with Gasteiger partial charge in [0.2, 0.25) is 10.0 Å². The van der Waals surface area contributed by atoms with Crippen molar-refractivity contribution in [2.24, 2.45) is 5.41 Å². The third kappa shape index (κ3) is 3.36. The number of amides is 1. The lowest BCUT2D eigenvalue weighted by Gasteiger charge is -2.38. The van der Waals surface area contributed by atoms with Gasteiger partial charge in [0.1, 0.15) is 0 Å². The van der Waals surface area contributed by atoms with E-state index in [1.807, 2.05) is 0 Å². The Balaban J connectivity index is 1.68. The molecular formula is C16H24N2O5S. The van der Waals surface area contributed by atoms with Crippen molar-refractivity contribution in [1.82, 2.24) is 9.21 Å². The van der Waals surface area contributed by atoms with Crippen LogP contribution in [0.5, 0.6) is 0 Å². The molecule has 1 unspecified atom stereocenters. The number of hydrogen-bond donors (Lipinski definition) is 0. The molecule has 1 aromatic heterocycles. The van der Waals surface area contributed by atoms with Gasteiger partial charge in [-0.25, -0.2) is 8.42 Å². The summed E-state index contributed by atoms with van der Waals surface area (Å²) in [6.45, 7) is 2.17. The molecule has 2 saturated heterocycles. The molecule has 7 nitrogen and oxygen atoms in total. The molecule has 8 heteroatoms. The van der Waals surface area contributed by atoms with Gasteiger partial charge in [-0.3, -0.25) is 4.79 Å². The summed E-state index contributed by atoms with van der Waals surface area (Å²) in [5, 5.41) is 0. The highest BCUT2D eigenvalue weighted by molar-refractivity contribution is 7.88. The molecule has 24 heavy (non-hydrogen) atoms. The Bertz CT molecular complexity index is 677. The fourth-order valence-electron chi connectivity index (χ4n) is 3.95. The van der Waals surface area contributed by atoms with E-state index >= 15 is 0 Å². The lowest BCUT2D eigenvalue weighted by atomic mass is 9.76. The van der Waals surface area contributed by atoms with Gasteiger partial charge in [-0.15, -0.1) is 0 Å². The highest BCUT2D eigenvalue weighted by Crippen LogP contribution is 2.44. The summed E-state index contributed by atoms with van der Waals surface area (Å²) >= 11 is 0. The first kappa shape index (κ1) is 17.4. The number of piperidine rings is 1. The molecule has 3 rings (SSSR count). The van der Waals surface area contributed by atoms with Gasteiger partial charge in [0.25, 0.3) is 5.91 Å². The van der Waals surface area contributed by atoms with Crippen molar-refractivity contribution >= 4 is 15.9 Å². The molecule has 1 aromatic rings. The lowest BCUT2D eigenvalue weighted by Crippen LogP contribution is -2.44. The van der Waals surface area contributed by atoms with Gasteiger partial charge in [-0.1, -0.05) is 0 Å². The monoisotopic (exact) mass is 356 g/mol. The van der Waals surface area contributed by atoms with Crippen molar-refractivity contribution in [2.75, 3.05) is 39.6 Å². The van der Waals surface area contributed by atoms with Crippen LogP contribution >= 0.6 is 0 Å². The normalized spacial score (nSPS) is 24.6. The van der Waals surface area contributed by atoms with E-state index in [2.05, 4.69) is 0 Å². The maximum Gasteiger partial charge on any atom is 0.289 e. The van der Waals surface area contributed by atoms with Crippen molar-refractivity contribution in [3.8, 4) is 0 Å². The summed E-state index contributed by atoms with van der Waals surface area (Å²) < 4.78 is 36.1. The van der Waals surface area contributed by atoms with Crippen molar-refractivity contribution in [2.45, 2.75) is 25.3 Å². The van der Waals surface area contributed by atoms with E-state index in [0.29, 0.717) is 32.0 Å². The quantitative estimate of drug-likeness (QED) is 0.809. The minimum Gasteiger partial charge on any atom is -0.459 e. The van der Waals surface area contributed by atoms with Crippen LogP contribution in [-0.2, 0) is 14.8 Å². The summed E-state index contributed by atoms with van der Waals surface area (Å²) in [6, 6.07) is 3.26. The molecule has 3 heterocycles. The Morgan fingerprint density at radius 2 is 2.12 bits per heavy atom. The number of rotatable bonds is 4. The van der Waals surface area contributed by atoms with Crippen LogP contribution in [-0.4, -0.2) is 69.2 Å². The molecule has 0 saturated carbocycles. The molecule has 2 fully saturated rings. The summed E-state index contributed by atoms with van der Waals surface area (Å²) in [6.07, 6.45) is 5.13. The molecule has 0 aromatic carbocycles. The number of ether oxygens (including phenoxy) is 1. The zero-order chi connectivity index (χ0) is 17.4. The van der Waals surface area contributed by atoms with Crippen LogP contribution in [0, 0.1) is 5.41 Å². The molecule has 0 N–H and O–H groups in total. The number of furan rings is 1. The predicted octanol–water partition coefficient (Wildman–Crippen LogP) is 1.18. The van der Waals surface area contributed by atoms with Gasteiger partial charge in [-0.2, -0.15) is 4.31 Å². The predicted molar refractivity (Wildman–Crippen MR) is 88.1 cm³/mol. The highest BCUT2D eigenvalue weighted by atomic mass is 32.2. The third-order valence-corrected chi connectivity index (χ3v) is 6.47. The van der Waals surface area contributed by atoms with Gasteiger partial charge in [-0.05, 0) is 36.8 Å².